The number of rotatable bonds is 2. The van der Waals surface area contributed by atoms with Crippen molar-refractivity contribution in [2.75, 3.05) is 7.11 Å². The van der Waals surface area contributed by atoms with Gasteiger partial charge < -0.3 is 4.74 Å². The fourth-order valence-corrected chi connectivity index (χ4v) is 3.55. The fourth-order valence-electron chi connectivity index (χ4n) is 2.62. The van der Waals surface area contributed by atoms with Crippen molar-refractivity contribution in [2.45, 2.75) is 0 Å². The Labute approximate surface area is 126 Å². The van der Waals surface area contributed by atoms with Crippen LogP contribution in [0.1, 0.15) is 0 Å². The lowest BCUT2D eigenvalue weighted by Crippen LogP contribution is -1.88. The largest absolute Gasteiger partial charge is 0.497 e. The summed E-state index contributed by atoms with van der Waals surface area (Å²) in [5, 5.41) is 4.56. The van der Waals surface area contributed by atoms with Gasteiger partial charge in [0.05, 0.1) is 18.3 Å². The van der Waals surface area contributed by atoms with Crippen molar-refractivity contribution in [3.63, 3.8) is 0 Å². The van der Waals surface area contributed by atoms with Crippen LogP contribution in [0.5, 0.6) is 5.75 Å². The predicted octanol–water partition coefficient (Wildman–Crippen LogP) is 5.13. The van der Waals surface area contributed by atoms with Crippen molar-refractivity contribution >= 4 is 32.3 Å². The molecule has 0 amide bonds. The first-order chi connectivity index (χ1) is 10.4. The second-order valence-corrected chi connectivity index (χ2v) is 5.79. The third-order valence-electron chi connectivity index (χ3n) is 3.66. The molecule has 0 saturated heterocycles. The van der Waals surface area contributed by atoms with Crippen LogP contribution in [-0.2, 0) is 0 Å². The van der Waals surface area contributed by atoms with E-state index in [2.05, 4.69) is 41.8 Å². The Morgan fingerprint density at radius 1 is 0.905 bits per heavy atom. The molecule has 0 saturated carbocycles. The van der Waals surface area contributed by atoms with Crippen LogP contribution < -0.4 is 4.74 Å². The van der Waals surface area contributed by atoms with Crippen LogP contribution in [0.25, 0.3) is 32.2 Å². The Bertz CT molecular complexity index is 925. The molecule has 2 aromatic heterocycles. The monoisotopic (exact) mass is 291 g/mol. The van der Waals surface area contributed by atoms with Gasteiger partial charge in [0.15, 0.2) is 0 Å². The second kappa shape index (κ2) is 4.86. The number of pyridine rings is 1. The molecule has 2 aromatic carbocycles. The number of aromatic nitrogens is 1. The highest BCUT2D eigenvalue weighted by molar-refractivity contribution is 7.18. The Morgan fingerprint density at radius 3 is 2.52 bits per heavy atom. The number of para-hydroxylation sites is 1. The van der Waals surface area contributed by atoms with Crippen molar-refractivity contribution in [3.05, 3.63) is 60.0 Å². The van der Waals surface area contributed by atoms with Gasteiger partial charge in [-0.25, -0.2) is 4.98 Å². The first kappa shape index (κ1) is 12.4. The molecule has 0 aliphatic heterocycles. The maximum absolute atomic E-state index is 5.23. The Morgan fingerprint density at radius 2 is 1.71 bits per heavy atom. The maximum Gasteiger partial charge on any atom is 0.118 e. The summed E-state index contributed by atoms with van der Waals surface area (Å²) >= 11 is 1.77. The smallest absolute Gasteiger partial charge is 0.118 e. The van der Waals surface area contributed by atoms with Gasteiger partial charge >= 0.3 is 0 Å². The molecule has 0 fully saturated rings. The summed E-state index contributed by atoms with van der Waals surface area (Å²) in [5.41, 5.74) is 3.19. The van der Waals surface area contributed by atoms with Crippen molar-refractivity contribution in [2.24, 2.45) is 0 Å². The molecule has 0 aliphatic rings. The normalized spacial score (nSPS) is 11.1. The summed E-state index contributed by atoms with van der Waals surface area (Å²) < 4.78 is 6.53. The molecule has 0 bridgehead atoms. The van der Waals surface area contributed by atoms with E-state index >= 15 is 0 Å². The van der Waals surface area contributed by atoms with Crippen LogP contribution in [-0.4, -0.2) is 12.1 Å². The van der Waals surface area contributed by atoms with Gasteiger partial charge in [0.1, 0.15) is 5.75 Å². The average Bonchev–Trinajstić information content (AvgIpc) is 3.04. The molecule has 0 spiro atoms. The van der Waals surface area contributed by atoms with Gasteiger partial charge in [0.2, 0.25) is 0 Å². The van der Waals surface area contributed by atoms with Gasteiger partial charge in [-0.3, -0.25) is 0 Å². The first-order valence-electron chi connectivity index (χ1n) is 6.77. The third kappa shape index (κ3) is 1.98. The lowest BCUT2D eigenvalue weighted by atomic mass is 10.1. The highest BCUT2D eigenvalue weighted by atomic mass is 32.1. The van der Waals surface area contributed by atoms with Crippen LogP contribution in [0, 0.1) is 0 Å². The van der Waals surface area contributed by atoms with E-state index in [4.69, 9.17) is 9.72 Å². The summed E-state index contributed by atoms with van der Waals surface area (Å²) in [5.74, 6) is 0.862. The summed E-state index contributed by atoms with van der Waals surface area (Å²) in [6, 6.07) is 18.5. The minimum absolute atomic E-state index is 0.862. The zero-order chi connectivity index (χ0) is 14.2. The van der Waals surface area contributed by atoms with Gasteiger partial charge in [0, 0.05) is 21.0 Å². The van der Waals surface area contributed by atoms with E-state index in [0.717, 1.165) is 22.5 Å². The van der Waals surface area contributed by atoms with E-state index in [1.807, 2.05) is 18.2 Å². The number of hydrogen-bond acceptors (Lipinski definition) is 3. The molecule has 4 aromatic rings. The zero-order valence-corrected chi connectivity index (χ0v) is 12.4. The highest BCUT2D eigenvalue weighted by Crippen LogP contribution is 2.35. The Hall–Kier alpha value is -2.39. The first-order valence-corrected chi connectivity index (χ1v) is 7.65. The van der Waals surface area contributed by atoms with E-state index in [1.54, 1.807) is 18.4 Å². The number of thiophene rings is 1. The topological polar surface area (TPSA) is 22.1 Å². The molecule has 0 radical (unpaired) electrons. The molecule has 3 heteroatoms. The molecule has 102 valence electrons. The summed E-state index contributed by atoms with van der Waals surface area (Å²) in [7, 11) is 1.68. The molecular formula is C18H13NOS. The summed E-state index contributed by atoms with van der Waals surface area (Å²) in [6.07, 6.45) is 0. The van der Waals surface area contributed by atoms with Crippen LogP contribution in [0.15, 0.2) is 60.0 Å². The van der Waals surface area contributed by atoms with Crippen molar-refractivity contribution in [1.82, 2.24) is 4.98 Å². The fraction of sp³-hybridized carbons (Fsp3) is 0.0556. The standard InChI is InChI=1S/C18H13NOS/c1-20-13-8-6-12(7-9-13)17-15-10-11-21-18(15)14-4-2-3-5-16(14)19-17/h2-11H,1H3. The molecule has 0 atom stereocenters. The SMILES string of the molecule is COc1ccc(-c2nc3ccccc3c3sccc23)cc1. The average molecular weight is 291 g/mol. The summed E-state index contributed by atoms with van der Waals surface area (Å²) in [6.45, 7) is 0. The molecular weight excluding hydrogens is 278 g/mol. The zero-order valence-electron chi connectivity index (χ0n) is 11.5. The number of hydrogen-bond donors (Lipinski definition) is 0. The number of methoxy groups -OCH3 is 1. The van der Waals surface area contributed by atoms with Crippen molar-refractivity contribution < 1.29 is 4.74 Å². The van der Waals surface area contributed by atoms with Crippen LogP contribution in [0.2, 0.25) is 0 Å². The summed E-state index contributed by atoms with van der Waals surface area (Å²) in [4.78, 5) is 4.87. The molecule has 0 aliphatic carbocycles. The minimum Gasteiger partial charge on any atom is -0.497 e. The van der Waals surface area contributed by atoms with Gasteiger partial charge in [-0.15, -0.1) is 11.3 Å². The highest BCUT2D eigenvalue weighted by Gasteiger charge is 2.11. The van der Waals surface area contributed by atoms with Crippen molar-refractivity contribution in [1.29, 1.82) is 0 Å². The predicted molar refractivity (Wildman–Crippen MR) is 89.1 cm³/mol. The number of nitrogens with zero attached hydrogens (tertiary/aromatic N) is 1. The second-order valence-electron chi connectivity index (χ2n) is 4.87. The molecule has 4 rings (SSSR count). The van der Waals surface area contributed by atoms with Gasteiger partial charge in [0.25, 0.3) is 0 Å². The van der Waals surface area contributed by atoms with E-state index < -0.39 is 0 Å². The van der Waals surface area contributed by atoms with Crippen molar-refractivity contribution in [3.8, 4) is 17.0 Å². The Balaban J connectivity index is 2.03. The number of benzene rings is 2. The Kier molecular flexibility index (Phi) is 2.86. The lowest BCUT2D eigenvalue weighted by Gasteiger charge is -2.07. The molecule has 2 nitrogen and oxygen atoms in total. The van der Waals surface area contributed by atoms with Crippen LogP contribution in [0.3, 0.4) is 0 Å². The third-order valence-corrected chi connectivity index (χ3v) is 4.61. The van der Waals surface area contributed by atoms with Crippen LogP contribution >= 0.6 is 11.3 Å². The molecule has 2 heterocycles. The van der Waals surface area contributed by atoms with Gasteiger partial charge in [-0.05, 0) is 41.8 Å². The van der Waals surface area contributed by atoms with E-state index in [9.17, 15) is 0 Å². The number of ether oxygens (including phenoxy) is 1. The van der Waals surface area contributed by atoms with E-state index in [1.165, 1.54) is 15.5 Å². The molecule has 21 heavy (non-hydrogen) atoms. The van der Waals surface area contributed by atoms with E-state index in [0.29, 0.717) is 0 Å². The minimum atomic E-state index is 0.862. The van der Waals surface area contributed by atoms with E-state index in [-0.39, 0.29) is 0 Å². The quantitative estimate of drug-likeness (QED) is 0.511. The maximum atomic E-state index is 5.23. The van der Waals surface area contributed by atoms with Gasteiger partial charge in [-0.1, -0.05) is 18.2 Å². The molecule has 0 N–H and O–H groups in total. The number of fused-ring (bicyclic) bond motifs is 3. The molecule has 0 unspecified atom stereocenters. The lowest BCUT2D eigenvalue weighted by molar-refractivity contribution is 0.415. The van der Waals surface area contributed by atoms with Gasteiger partial charge in [-0.2, -0.15) is 0 Å². The van der Waals surface area contributed by atoms with Crippen LogP contribution in [0.4, 0.5) is 0 Å².